The van der Waals surface area contributed by atoms with Gasteiger partial charge < -0.3 is 20.7 Å². The third-order valence-electron chi connectivity index (χ3n) is 7.34. The van der Waals surface area contributed by atoms with E-state index in [2.05, 4.69) is 15.2 Å². The fourth-order valence-corrected chi connectivity index (χ4v) is 5.61. The summed E-state index contributed by atoms with van der Waals surface area (Å²) < 4.78 is 18.9. The number of nitrogens with zero attached hydrogens (tertiary/aromatic N) is 3. The van der Waals surface area contributed by atoms with E-state index in [-0.39, 0.29) is 39.9 Å². The van der Waals surface area contributed by atoms with Gasteiger partial charge in [0.05, 0.1) is 16.9 Å². The number of primary amides is 1. The first-order valence-electron chi connectivity index (χ1n) is 11.5. The molecule has 8 nitrogen and oxygen atoms in total. The van der Waals surface area contributed by atoms with Crippen molar-refractivity contribution in [2.75, 3.05) is 25.1 Å². The molecule has 4 aliphatic rings. The molecule has 2 amide bonds. The fourth-order valence-electron chi connectivity index (χ4n) is 5.49. The van der Waals surface area contributed by atoms with Crippen molar-refractivity contribution in [3.8, 4) is 5.75 Å². The lowest BCUT2D eigenvalue weighted by Crippen LogP contribution is -2.77. The Balaban J connectivity index is 1.22. The number of ether oxygens (including phenoxy) is 1. The summed E-state index contributed by atoms with van der Waals surface area (Å²) >= 11 is 5.66. The predicted molar refractivity (Wildman–Crippen MR) is 124 cm³/mol. The molecular formula is C24H27ClFN5O3. The summed E-state index contributed by atoms with van der Waals surface area (Å²) in [6, 6.07) is 4.03. The summed E-state index contributed by atoms with van der Waals surface area (Å²) in [6.07, 6.45) is 7.32. The smallest absolute Gasteiger partial charge is 0.269 e. The van der Waals surface area contributed by atoms with Gasteiger partial charge in [-0.25, -0.2) is 14.4 Å². The zero-order valence-corrected chi connectivity index (χ0v) is 19.7. The van der Waals surface area contributed by atoms with Crippen molar-refractivity contribution >= 4 is 29.2 Å². The molecule has 180 valence electrons. The van der Waals surface area contributed by atoms with Crippen molar-refractivity contribution in [2.24, 2.45) is 11.7 Å². The highest BCUT2D eigenvalue weighted by molar-refractivity contribution is 6.30. The van der Waals surface area contributed by atoms with Crippen LogP contribution < -0.4 is 20.7 Å². The van der Waals surface area contributed by atoms with Crippen molar-refractivity contribution in [1.82, 2.24) is 15.3 Å². The fraction of sp³-hybridized carbons (Fsp3) is 0.500. The van der Waals surface area contributed by atoms with Gasteiger partial charge in [0.2, 0.25) is 0 Å². The van der Waals surface area contributed by atoms with Crippen LogP contribution in [0.15, 0.2) is 24.4 Å². The molecule has 4 aliphatic carbocycles. The monoisotopic (exact) mass is 487 g/mol. The molecule has 1 heterocycles. The quantitative estimate of drug-likeness (QED) is 0.562. The molecule has 34 heavy (non-hydrogen) atoms. The number of nitrogens with two attached hydrogens (primary N) is 1. The zero-order chi connectivity index (χ0) is 24.1. The highest BCUT2D eigenvalue weighted by Gasteiger charge is 2.70. The number of carbonyl (C=O) groups is 2. The Hall–Kier alpha value is -2.94. The lowest BCUT2D eigenvalue weighted by Gasteiger charge is -2.70. The topological polar surface area (TPSA) is 110 Å². The maximum Gasteiger partial charge on any atom is 0.269 e. The Morgan fingerprint density at radius 2 is 2.06 bits per heavy atom. The molecular weight excluding hydrogens is 461 g/mol. The van der Waals surface area contributed by atoms with E-state index in [4.69, 9.17) is 27.1 Å². The van der Waals surface area contributed by atoms with Crippen LogP contribution in [-0.4, -0.2) is 47.5 Å². The van der Waals surface area contributed by atoms with E-state index in [1.165, 1.54) is 31.4 Å². The van der Waals surface area contributed by atoms with Crippen LogP contribution in [0.25, 0.3) is 0 Å². The van der Waals surface area contributed by atoms with Gasteiger partial charge in [-0.2, -0.15) is 0 Å². The minimum atomic E-state index is -0.604. The van der Waals surface area contributed by atoms with Crippen molar-refractivity contribution in [1.29, 1.82) is 0 Å². The number of nitrogens with one attached hydrogen (secondary N) is 1. The first-order chi connectivity index (χ1) is 16.2. The minimum absolute atomic E-state index is 0.00676. The normalized spacial score (nSPS) is 24.9. The third kappa shape index (κ3) is 4.06. The van der Waals surface area contributed by atoms with Crippen LogP contribution in [-0.2, 0) is 10.2 Å². The first kappa shape index (κ1) is 22.8. The van der Waals surface area contributed by atoms with Gasteiger partial charge in [-0.3, -0.25) is 9.59 Å². The van der Waals surface area contributed by atoms with Crippen LogP contribution in [0.4, 0.5) is 10.2 Å². The number of hydrogen-bond donors (Lipinski definition) is 2. The largest absolute Gasteiger partial charge is 0.484 e. The SMILES string of the molecule is CN(CC1CCC1)c1cnc(C(N)=O)c(C23CC(NC(=O)COc4ccc(Cl)c(F)c4)(C2)C3)n1. The molecule has 6 rings (SSSR count). The lowest BCUT2D eigenvalue weighted by atomic mass is 9.38. The van der Waals surface area contributed by atoms with Crippen LogP contribution >= 0.6 is 11.6 Å². The van der Waals surface area contributed by atoms with E-state index in [1.807, 2.05) is 7.05 Å². The van der Waals surface area contributed by atoms with Gasteiger partial charge in [0.15, 0.2) is 6.61 Å². The number of benzene rings is 1. The number of amides is 2. The Labute approximate surface area is 202 Å². The Morgan fingerprint density at radius 3 is 2.68 bits per heavy atom. The summed E-state index contributed by atoms with van der Waals surface area (Å²) in [6.45, 7) is 0.679. The maximum atomic E-state index is 13.5. The number of carbonyl (C=O) groups excluding carboxylic acids is 2. The van der Waals surface area contributed by atoms with Crippen molar-refractivity contribution in [2.45, 2.75) is 49.5 Å². The zero-order valence-electron chi connectivity index (χ0n) is 18.9. The van der Waals surface area contributed by atoms with Crippen LogP contribution in [0.2, 0.25) is 5.02 Å². The highest BCUT2D eigenvalue weighted by Crippen LogP contribution is 2.67. The van der Waals surface area contributed by atoms with E-state index < -0.39 is 11.7 Å². The maximum absolute atomic E-state index is 13.5. The number of hydrogen-bond acceptors (Lipinski definition) is 6. The van der Waals surface area contributed by atoms with E-state index in [0.29, 0.717) is 30.9 Å². The lowest BCUT2D eigenvalue weighted by molar-refractivity contribution is -0.140. The minimum Gasteiger partial charge on any atom is -0.484 e. The molecule has 4 fully saturated rings. The molecule has 0 atom stereocenters. The Morgan fingerprint density at radius 1 is 1.32 bits per heavy atom. The highest BCUT2D eigenvalue weighted by atomic mass is 35.5. The van der Waals surface area contributed by atoms with Gasteiger partial charge >= 0.3 is 0 Å². The summed E-state index contributed by atoms with van der Waals surface area (Å²) in [4.78, 5) is 35.7. The van der Waals surface area contributed by atoms with Gasteiger partial charge in [-0.05, 0) is 50.2 Å². The molecule has 0 saturated heterocycles. The summed E-state index contributed by atoms with van der Waals surface area (Å²) in [5.41, 5.74) is 5.77. The van der Waals surface area contributed by atoms with Gasteiger partial charge in [0, 0.05) is 30.6 Å². The van der Waals surface area contributed by atoms with Crippen LogP contribution in [0.1, 0.15) is 54.7 Å². The van der Waals surface area contributed by atoms with Crippen molar-refractivity contribution < 1.29 is 18.7 Å². The molecule has 0 spiro atoms. The second-order valence-electron chi connectivity index (χ2n) is 9.97. The molecule has 10 heteroatoms. The average Bonchev–Trinajstić information content (AvgIpc) is 2.72. The Kier molecular flexibility index (Phi) is 5.62. The summed E-state index contributed by atoms with van der Waals surface area (Å²) in [5.74, 6) is 0.147. The molecule has 0 aliphatic heterocycles. The van der Waals surface area contributed by atoms with E-state index >= 15 is 0 Å². The molecule has 2 aromatic rings. The molecule has 4 saturated carbocycles. The van der Waals surface area contributed by atoms with Gasteiger partial charge in [0.25, 0.3) is 11.8 Å². The third-order valence-corrected chi connectivity index (χ3v) is 7.65. The van der Waals surface area contributed by atoms with Crippen LogP contribution in [0, 0.1) is 11.7 Å². The molecule has 1 aromatic carbocycles. The number of rotatable bonds is 9. The molecule has 0 radical (unpaired) electrons. The Bertz CT molecular complexity index is 1140. The standard InChI is InChI=1S/C24H27ClFN5O3/c1-31(9-14-3-2-4-14)18-8-28-20(22(27)33)21(29-18)23-11-24(12-23,13-23)30-19(32)10-34-15-5-6-16(25)17(26)7-15/h5-8,14H,2-4,9-13H2,1H3,(H2,27,33)(H,30,32). The van der Waals surface area contributed by atoms with E-state index in [1.54, 1.807) is 6.20 Å². The summed E-state index contributed by atoms with van der Waals surface area (Å²) in [5, 5.41) is 3.01. The van der Waals surface area contributed by atoms with Crippen molar-refractivity contribution in [3.05, 3.63) is 46.6 Å². The first-order valence-corrected chi connectivity index (χ1v) is 11.8. The van der Waals surface area contributed by atoms with Gasteiger partial charge in [0.1, 0.15) is 23.1 Å². The molecule has 3 N–H and O–H groups in total. The summed E-state index contributed by atoms with van der Waals surface area (Å²) in [7, 11) is 1.99. The number of anilines is 1. The molecule has 0 unspecified atom stereocenters. The second-order valence-corrected chi connectivity index (χ2v) is 10.4. The van der Waals surface area contributed by atoms with Crippen LogP contribution in [0.3, 0.4) is 0 Å². The van der Waals surface area contributed by atoms with E-state index in [0.717, 1.165) is 18.4 Å². The number of aromatic nitrogens is 2. The van der Waals surface area contributed by atoms with Gasteiger partial charge in [-0.15, -0.1) is 0 Å². The number of halogens is 2. The van der Waals surface area contributed by atoms with E-state index in [9.17, 15) is 14.0 Å². The predicted octanol–water partition coefficient (Wildman–Crippen LogP) is 2.97. The van der Waals surface area contributed by atoms with Gasteiger partial charge in [-0.1, -0.05) is 18.0 Å². The average molecular weight is 488 g/mol. The van der Waals surface area contributed by atoms with Crippen molar-refractivity contribution in [3.63, 3.8) is 0 Å². The molecule has 1 aromatic heterocycles. The second kappa shape index (κ2) is 8.37. The van der Waals surface area contributed by atoms with Crippen LogP contribution in [0.5, 0.6) is 5.75 Å². The molecule has 2 bridgehead atoms.